The molecule has 1 fully saturated rings. The van der Waals surface area contributed by atoms with Crippen molar-refractivity contribution in [3.8, 4) is 0 Å². The fourth-order valence-electron chi connectivity index (χ4n) is 2.16. The highest BCUT2D eigenvalue weighted by Gasteiger charge is 2.29. The Hall–Kier alpha value is -0.870. The number of nitrogens with two attached hydrogens (primary N) is 1. The molecule has 0 bridgehead atoms. The van der Waals surface area contributed by atoms with E-state index in [0.717, 1.165) is 24.8 Å². The Labute approximate surface area is 86.6 Å². The maximum atomic E-state index is 10.9. The normalized spacial score (nSPS) is 26.6. The molecule has 14 heavy (non-hydrogen) atoms. The third kappa shape index (κ3) is 1.55. The van der Waals surface area contributed by atoms with E-state index in [9.17, 15) is 4.79 Å². The van der Waals surface area contributed by atoms with Crippen LogP contribution in [0.2, 0.25) is 0 Å². The minimum atomic E-state index is -0.825. The lowest BCUT2D eigenvalue weighted by Gasteiger charge is -2.14. The number of thiophene rings is 1. The van der Waals surface area contributed by atoms with E-state index in [0.29, 0.717) is 4.88 Å². The van der Waals surface area contributed by atoms with Gasteiger partial charge in [0.2, 0.25) is 0 Å². The van der Waals surface area contributed by atoms with Gasteiger partial charge in [0.25, 0.3) is 0 Å². The van der Waals surface area contributed by atoms with Gasteiger partial charge in [0.15, 0.2) is 0 Å². The largest absolute Gasteiger partial charge is 0.477 e. The predicted molar refractivity (Wildman–Crippen MR) is 55.8 cm³/mol. The zero-order chi connectivity index (χ0) is 10.1. The van der Waals surface area contributed by atoms with Gasteiger partial charge in [-0.1, -0.05) is 6.42 Å². The van der Waals surface area contributed by atoms with Gasteiger partial charge in [0.1, 0.15) is 4.88 Å². The molecule has 0 aromatic carbocycles. The van der Waals surface area contributed by atoms with Crippen LogP contribution in [-0.2, 0) is 0 Å². The van der Waals surface area contributed by atoms with Gasteiger partial charge in [-0.3, -0.25) is 0 Å². The lowest BCUT2D eigenvalue weighted by molar-refractivity contribution is 0.0700. The van der Waals surface area contributed by atoms with E-state index >= 15 is 0 Å². The molecule has 1 aliphatic rings. The Bertz CT molecular complexity index is 348. The van der Waals surface area contributed by atoms with Gasteiger partial charge in [0.05, 0.1) is 0 Å². The average molecular weight is 211 g/mol. The van der Waals surface area contributed by atoms with E-state index < -0.39 is 5.97 Å². The van der Waals surface area contributed by atoms with E-state index in [1.807, 2.05) is 11.4 Å². The van der Waals surface area contributed by atoms with Gasteiger partial charge in [-0.05, 0) is 29.9 Å². The molecular formula is C10H13NO2S. The summed E-state index contributed by atoms with van der Waals surface area (Å²) in [6.07, 6.45) is 3.15. The van der Waals surface area contributed by atoms with Crippen LogP contribution in [-0.4, -0.2) is 17.1 Å². The van der Waals surface area contributed by atoms with Gasteiger partial charge in [-0.2, -0.15) is 0 Å². The molecule has 3 nitrogen and oxygen atoms in total. The SMILES string of the molecule is NC1CCCC1c1ccsc1C(=O)O. The van der Waals surface area contributed by atoms with Crippen LogP contribution >= 0.6 is 11.3 Å². The lowest BCUT2D eigenvalue weighted by atomic mass is 9.95. The van der Waals surface area contributed by atoms with Crippen molar-refractivity contribution in [1.82, 2.24) is 0 Å². The Morgan fingerprint density at radius 2 is 2.36 bits per heavy atom. The van der Waals surface area contributed by atoms with Crippen LogP contribution in [0.15, 0.2) is 11.4 Å². The number of carboxylic acids is 1. The van der Waals surface area contributed by atoms with Crippen LogP contribution in [0.4, 0.5) is 0 Å². The number of carbonyl (C=O) groups is 1. The molecule has 2 atom stereocenters. The van der Waals surface area contributed by atoms with Crippen LogP contribution < -0.4 is 5.73 Å². The smallest absolute Gasteiger partial charge is 0.346 e. The van der Waals surface area contributed by atoms with Crippen LogP contribution in [0.3, 0.4) is 0 Å². The molecule has 1 heterocycles. The van der Waals surface area contributed by atoms with Gasteiger partial charge in [-0.15, -0.1) is 11.3 Å². The highest BCUT2D eigenvalue weighted by molar-refractivity contribution is 7.12. The summed E-state index contributed by atoms with van der Waals surface area (Å²) in [5.41, 5.74) is 6.89. The molecule has 1 aliphatic carbocycles. The second-order valence-corrected chi connectivity index (χ2v) is 4.63. The fraction of sp³-hybridized carbons (Fsp3) is 0.500. The molecule has 1 aromatic rings. The van der Waals surface area contributed by atoms with Crippen molar-refractivity contribution in [1.29, 1.82) is 0 Å². The average Bonchev–Trinajstić information content (AvgIpc) is 2.70. The highest BCUT2D eigenvalue weighted by Crippen LogP contribution is 2.36. The molecule has 0 radical (unpaired) electrons. The van der Waals surface area contributed by atoms with Gasteiger partial charge >= 0.3 is 5.97 Å². The van der Waals surface area contributed by atoms with E-state index in [4.69, 9.17) is 10.8 Å². The summed E-state index contributed by atoms with van der Waals surface area (Å²) in [6.45, 7) is 0. The lowest BCUT2D eigenvalue weighted by Crippen LogP contribution is -2.23. The summed E-state index contributed by atoms with van der Waals surface area (Å²) >= 11 is 1.29. The summed E-state index contributed by atoms with van der Waals surface area (Å²) in [7, 11) is 0. The van der Waals surface area contributed by atoms with E-state index in [1.54, 1.807) is 0 Å². The standard InChI is InChI=1S/C10H13NO2S/c11-8-3-1-2-6(8)7-4-5-14-9(7)10(12)13/h4-6,8H,1-3,11H2,(H,12,13). The van der Waals surface area contributed by atoms with Crippen molar-refractivity contribution in [2.45, 2.75) is 31.2 Å². The molecule has 4 heteroatoms. The molecule has 0 amide bonds. The quantitative estimate of drug-likeness (QED) is 0.786. The molecule has 2 unspecified atom stereocenters. The van der Waals surface area contributed by atoms with Crippen LogP contribution in [0.5, 0.6) is 0 Å². The van der Waals surface area contributed by atoms with E-state index in [-0.39, 0.29) is 12.0 Å². The summed E-state index contributed by atoms with van der Waals surface area (Å²) in [5.74, 6) is -0.568. The maximum absolute atomic E-state index is 10.9. The molecule has 1 saturated carbocycles. The summed E-state index contributed by atoms with van der Waals surface area (Å²) in [5, 5.41) is 10.8. The van der Waals surface area contributed by atoms with Crippen LogP contribution in [0.1, 0.15) is 40.4 Å². The van der Waals surface area contributed by atoms with Crippen molar-refractivity contribution in [2.24, 2.45) is 5.73 Å². The zero-order valence-corrected chi connectivity index (χ0v) is 8.59. The van der Waals surface area contributed by atoms with Crippen molar-refractivity contribution in [3.63, 3.8) is 0 Å². The molecule has 0 saturated heterocycles. The highest BCUT2D eigenvalue weighted by atomic mass is 32.1. The summed E-state index contributed by atoms with van der Waals surface area (Å²) in [4.78, 5) is 11.4. The van der Waals surface area contributed by atoms with E-state index in [1.165, 1.54) is 11.3 Å². The van der Waals surface area contributed by atoms with Crippen molar-refractivity contribution >= 4 is 17.3 Å². The molecular weight excluding hydrogens is 198 g/mol. The second kappa shape index (κ2) is 3.71. The predicted octanol–water partition coefficient (Wildman–Crippen LogP) is 2.04. The Kier molecular flexibility index (Phi) is 2.56. The van der Waals surface area contributed by atoms with Crippen LogP contribution in [0, 0.1) is 0 Å². The van der Waals surface area contributed by atoms with Gasteiger partial charge in [-0.25, -0.2) is 4.79 Å². The summed E-state index contributed by atoms with van der Waals surface area (Å²) in [6, 6.07) is 2.05. The molecule has 0 aliphatic heterocycles. The first-order chi connectivity index (χ1) is 6.70. The minimum absolute atomic E-state index is 0.141. The third-order valence-corrected chi connectivity index (χ3v) is 3.78. The van der Waals surface area contributed by atoms with E-state index in [2.05, 4.69) is 0 Å². The van der Waals surface area contributed by atoms with Crippen LogP contribution in [0.25, 0.3) is 0 Å². The zero-order valence-electron chi connectivity index (χ0n) is 7.77. The number of aromatic carboxylic acids is 1. The molecule has 3 N–H and O–H groups in total. The molecule has 76 valence electrons. The Morgan fingerprint density at radius 1 is 1.57 bits per heavy atom. The number of rotatable bonds is 2. The monoisotopic (exact) mass is 211 g/mol. The second-order valence-electron chi connectivity index (χ2n) is 3.71. The number of hydrogen-bond donors (Lipinski definition) is 2. The summed E-state index contributed by atoms with van der Waals surface area (Å²) < 4.78 is 0. The first-order valence-corrected chi connectivity index (χ1v) is 5.64. The Morgan fingerprint density at radius 3 is 2.93 bits per heavy atom. The molecule has 1 aromatic heterocycles. The minimum Gasteiger partial charge on any atom is -0.477 e. The van der Waals surface area contributed by atoms with Crippen molar-refractivity contribution in [3.05, 3.63) is 21.9 Å². The maximum Gasteiger partial charge on any atom is 0.346 e. The third-order valence-electron chi connectivity index (χ3n) is 2.86. The number of hydrogen-bond acceptors (Lipinski definition) is 3. The first-order valence-electron chi connectivity index (χ1n) is 4.76. The molecule has 0 spiro atoms. The topological polar surface area (TPSA) is 63.3 Å². The van der Waals surface area contributed by atoms with Gasteiger partial charge < -0.3 is 10.8 Å². The first kappa shape index (κ1) is 9.68. The fourth-order valence-corrected chi connectivity index (χ4v) is 2.97. The molecule has 2 rings (SSSR count). The number of carboxylic acid groups (broad SMARTS) is 1. The van der Waals surface area contributed by atoms with Crippen molar-refractivity contribution in [2.75, 3.05) is 0 Å². The van der Waals surface area contributed by atoms with Gasteiger partial charge in [0, 0.05) is 12.0 Å². The Balaban J connectivity index is 2.31. The van der Waals surface area contributed by atoms with Crippen molar-refractivity contribution < 1.29 is 9.90 Å².